The molecule has 126 valence electrons. The summed E-state index contributed by atoms with van der Waals surface area (Å²) in [5, 5.41) is 2.31. The van der Waals surface area contributed by atoms with E-state index >= 15 is 0 Å². The van der Waals surface area contributed by atoms with Gasteiger partial charge < -0.3 is 4.74 Å². The summed E-state index contributed by atoms with van der Waals surface area (Å²) in [7, 11) is 0. The molecule has 0 aliphatic carbocycles. The molecule has 0 bridgehead atoms. The van der Waals surface area contributed by atoms with Gasteiger partial charge in [-0.1, -0.05) is 84.9 Å². The summed E-state index contributed by atoms with van der Waals surface area (Å²) in [6.07, 6.45) is 0. The van der Waals surface area contributed by atoms with E-state index in [0.29, 0.717) is 12.5 Å². The fourth-order valence-corrected chi connectivity index (χ4v) is 2.93. The fourth-order valence-electron chi connectivity index (χ4n) is 2.93. The normalized spacial score (nSPS) is 11.5. The Kier molecular flexibility index (Phi) is 4.74. The summed E-state index contributed by atoms with van der Waals surface area (Å²) in [6.45, 7) is 0.482. The molecule has 0 unspecified atom stereocenters. The number of hydrogen-bond acceptors (Lipinski definition) is 2. The Hall–Kier alpha value is -3.39. The maximum atomic E-state index is 6.18. The van der Waals surface area contributed by atoms with Gasteiger partial charge in [0.1, 0.15) is 6.61 Å². The van der Waals surface area contributed by atoms with Crippen LogP contribution < -0.4 is 0 Å². The first-order valence-corrected chi connectivity index (χ1v) is 8.69. The molecule has 4 aromatic rings. The largest absolute Gasteiger partial charge is 0.472 e. The second kappa shape index (κ2) is 7.66. The summed E-state index contributed by atoms with van der Waals surface area (Å²) in [6, 6.07) is 34.6. The molecule has 26 heavy (non-hydrogen) atoms. The average molecular weight is 337 g/mol. The number of nitrogens with zero attached hydrogens (tertiary/aromatic N) is 1. The lowest BCUT2D eigenvalue weighted by atomic mass is 10.0. The van der Waals surface area contributed by atoms with E-state index in [-0.39, 0.29) is 0 Å². The molecule has 0 fully saturated rings. The topological polar surface area (TPSA) is 21.6 Å². The van der Waals surface area contributed by atoms with E-state index in [2.05, 4.69) is 36.4 Å². The highest BCUT2D eigenvalue weighted by Crippen LogP contribution is 2.22. The molecular weight excluding hydrogens is 318 g/mol. The van der Waals surface area contributed by atoms with Gasteiger partial charge in [0.15, 0.2) is 0 Å². The van der Waals surface area contributed by atoms with Gasteiger partial charge in [-0.2, -0.15) is 0 Å². The first-order chi connectivity index (χ1) is 12.9. The first kappa shape index (κ1) is 16.1. The molecule has 0 radical (unpaired) electrons. The van der Waals surface area contributed by atoms with Crippen molar-refractivity contribution >= 4 is 22.4 Å². The predicted octanol–water partition coefficient (Wildman–Crippen LogP) is 6.13. The van der Waals surface area contributed by atoms with Crippen molar-refractivity contribution in [2.75, 3.05) is 0 Å². The van der Waals surface area contributed by atoms with Crippen LogP contribution in [0.4, 0.5) is 5.69 Å². The van der Waals surface area contributed by atoms with Crippen LogP contribution >= 0.6 is 0 Å². The Labute approximate surface area is 153 Å². The van der Waals surface area contributed by atoms with Gasteiger partial charge in [-0.25, -0.2) is 4.99 Å². The van der Waals surface area contributed by atoms with Crippen molar-refractivity contribution in [2.45, 2.75) is 6.61 Å². The molecule has 2 nitrogen and oxygen atoms in total. The van der Waals surface area contributed by atoms with E-state index in [4.69, 9.17) is 9.73 Å². The van der Waals surface area contributed by atoms with Crippen LogP contribution in [-0.2, 0) is 11.3 Å². The van der Waals surface area contributed by atoms with Crippen molar-refractivity contribution in [3.63, 3.8) is 0 Å². The van der Waals surface area contributed by atoms with Gasteiger partial charge in [0.05, 0.1) is 5.69 Å². The van der Waals surface area contributed by atoms with Gasteiger partial charge >= 0.3 is 0 Å². The molecule has 0 amide bonds. The molecule has 4 rings (SSSR count). The number of aliphatic imine (C=N–C) groups is 1. The number of hydrogen-bond donors (Lipinski definition) is 0. The molecule has 0 aliphatic rings. The number of fused-ring (bicyclic) bond motifs is 1. The third-order valence-electron chi connectivity index (χ3n) is 4.23. The van der Waals surface area contributed by atoms with Crippen LogP contribution in [0.3, 0.4) is 0 Å². The second-order valence-electron chi connectivity index (χ2n) is 6.05. The summed E-state index contributed by atoms with van der Waals surface area (Å²) >= 11 is 0. The van der Waals surface area contributed by atoms with Crippen LogP contribution in [0, 0.1) is 0 Å². The molecule has 2 heteroatoms. The van der Waals surface area contributed by atoms with E-state index < -0.39 is 0 Å². The Morgan fingerprint density at radius 3 is 2.12 bits per heavy atom. The Balaban J connectivity index is 1.76. The molecular formula is C24H19NO. The van der Waals surface area contributed by atoms with Crippen molar-refractivity contribution in [3.05, 3.63) is 114 Å². The number of rotatable bonds is 4. The van der Waals surface area contributed by atoms with Crippen molar-refractivity contribution < 1.29 is 4.74 Å². The molecule has 0 saturated heterocycles. The maximum Gasteiger partial charge on any atom is 0.222 e. The lowest BCUT2D eigenvalue weighted by molar-refractivity contribution is 0.294. The number of para-hydroxylation sites is 1. The SMILES string of the molecule is c1ccc(CO/C(=N\c2ccccc2)c2cccc3ccccc23)cc1. The van der Waals surface area contributed by atoms with Crippen LogP contribution in [0.1, 0.15) is 11.1 Å². The lowest BCUT2D eigenvalue weighted by Crippen LogP contribution is -2.07. The van der Waals surface area contributed by atoms with Crippen molar-refractivity contribution in [2.24, 2.45) is 4.99 Å². The highest BCUT2D eigenvalue weighted by molar-refractivity contribution is 6.07. The lowest BCUT2D eigenvalue weighted by Gasteiger charge is -2.12. The van der Waals surface area contributed by atoms with Crippen molar-refractivity contribution in [1.29, 1.82) is 0 Å². The van der Waals surface area contributed by atoms with Gasteiger partial charge in [0.25, 0.3) is 0 Å². The van der Waals surface area contributed by atoms with Crippen LogP contribution in [0.2, 0.25) is 0 Å². The molecule has 0 aromatic heterocycles. The standard InChI is InChI=1S/C24H19NO/c1-3-10-19(11-4-1)18-26-24(25-21-14-5-2-6-15-21)23-17-9-13-20-12-7-8-16-22(20)23/h1-17H,18H2/b25-24-. The zero-order valence-corrected chi connectivity index (χ0v) is 14.4. The van der Waals surface area contributed by atoms with Crippen molar-refractivity contribution in [3.8, 4) is 0 Å². The number of benzene rings is 4. The minimum Gasteiger partial charge on any atom is -0.472 e. The summed E-state index contributed by atoms with van der Waals surface area (Å²) in [5.74, 6) is 0.636. The molecule has 0 saturated carbocycles. The smallest absolute Gasteiger partial charge is 0.222 e. The quantitative estimate of drug-likeness (QED) is 0.324. The van der Waals surface area contributed by atoms with E-state index in [1.54, 1.807) is 0 Å². The predicted molar refractivity (Wildman–Crippen MR) is 108 cm³/mol. The number of ether oxygens (including phenoxy) is 1. The summed E-state index contributed by atoms with van der Waals surface area (Å²) in [4.78, 5) is 4.79. The van der Waals surface area contributed by atoms with Gasteiger partial charge in [0.2, 0.25) is 5.90 Å². The summed E-state index contributed by atoms with van der Waals surface area (Å²) in [5.41, 5.74) is 3.00. The molecule has 0 N–H and O–H groups in total. The van der Waals surface area contributed by atoms with Crippen LogP contribution in [0.25, 0.3) is 10.8 Å². The van der Waals surface area contributed by atoms with Gasteiger partial charge in [-0.05, 0) is 34.5 Å². The van der Waals surface area contributed by atoms with E-state index in [9.17, 15) is 0 Å². The van der Waals surface area contributed by atoms with Gasteiger partial charge in [-0.3, -0.25) is 0 Å². The van der Waals surface area contributed by atoms with Crippen molar-refractivity contribution in [1.82, 2.24) is 0 Å². The Morgan fingerprint density at radius 2 is 1.31 bits per heavy atom. The van der Waals surface area contributed by atoms with Gasteiger partial charge in [0, 0.05) is 5.56 Å². The maximum absolute atomic E-state index is 6.18. The third-order valence-corrected chi connectivity index (χ3v) is 4.23. The molecule has 0 aliphatic heterocycles. The zero-order chi connectivity index (χ0) is 17.6. The Morgan fingerprint density at radius 1 is 0.654 bits per heavy atom. The minimum absolute atomic E-state index is 0.482. The van der Waals surface area contributed by atoms with Crippen LogP contribution in [0.5, 0.6) is 0 Å². The molecule has 0 heterocycles. The first-order valence-electron chi connectivity index (χ1n) is 8.69. The molecule has 0 spiro atoms. The third kappa shape index (κ3) is 3.65. The fraction of sp³-hybridized carbons (Fsp3) is 0.0417. The highest BCUT2D eigenvalue weighted by atomic mass is 16.5. The van der Waals surface area contributed by atoms with Crippen LogP contribution in [-0.4, -0.2) is 5.90 Å². The molecule has 4 aromatic carbocycles. The van der Waals surface area contributed by atoms with E-state index in [0.717, 1.165) is 22.2 Å². The van der Waals surface area contributed by atoms with E-state index in [1.165, 1.54) is 5.39 Å². The second-order valence-corrected chi connectivity index (χ2v) is 6.05. The molecule has 0 atom stereocenters. The van der Waals surface area contributed by atoms with Gasteiger partial charge in [-0.15, -0.1) is 0 Å². The zero-order valence-electron chi connectivity index (χ0n) is 14.4. The highest BCUT2D eigenvalue weighted by Gasteiger charge is 2.10. The summed E-state index contributed by atoms with van der Waals surface area (Å²) < 4.78 is 6.18. The average Bonchev–Trinajstić information content (AvgIpc) is 2.72. The monoisotopic (exact) mass is 337 g/mol. The van der Waals surface area contributed by atoms with Crippen LogP contribution in [0.15, 0.2) is 108 Å². The Bertz CT molecular complexity index is 1020. The van der Waals surface area contributed by atoms with E-state index in [1.807, 2.05) is 66.7 Å². The minimum atomic E-state index is 0.482.